The van der Waals surface area contributed by atoms with Crippen molar-refractivity contribution in [1.29, 1.82) is 0 Å². The van der Waals surface area contributed by atoms with Crippen LogP contribution in [0.4, 0.5) is 4.39 Å². The van der Waals surface area contributed by atoms with E-state index >= 15 is 0 Å². The smallest absolute Gasteiger partial charge is 0.156 e. The molecular formula is C10H11FO3. The molecule has 0 bridgehead atoms. The van der Waals surface area contributed by atoms with Crippen LogP contribution in [0.1, 0.15) is 10.4 Å². The van der Waals surface area contributed by atoms with Gasteiger partial charge >= 0.3 is 0 Å². The summed E-state index contributed by atoms with van der Waals surface area (Å²) in [5.41, 5.74) is -0.0522. The Kier molecular flexibility index (Phi) is 4.07. The summed E-state index contributed by atoms with van der Waals surface area (Å²) in [6.45, 7) is 0.690. The predicted molar refractivity (Wildman–Crippen MR) is 49.2 cm³/mol. The molecule has 14 heavy (non-hydrogen) atoms. The summed E-state index contributed by atoms with van der Waals surface area (Å²) in [6, 6.07) is 4.25. The zero-order chi connectivity index (χ0) is 10.4. The summed E-state index contributed by atoms with van der Waals surface area (Å²) >= 11 is 0. The van der Waals surface area contributed by atoms with Crippen molar-refractivity contribution in [3.05, 3.63) is 29.6 Å². The Balaban J connectivity index is 2.75. The molecule has 0 aliphatic heterocycles. The monoisotopic (exact) mass is 198 g/mol. The first-order valence-corrected chi connectivity index (χ1v) is 4.15. The van der Waals surface area contributed by atoms with Crippen molar-refractivity contribution in [2.24, 2.45) is 0 Å². The number of hydrogen-bond acceptors (Lipinski definition) is 3. The fourth-order valence-electron chi connectivity index (χ4n) is 0.992. The average Bonchev–Trinajstić information content (AvgIpc) is 2.18. The lowest BCUT2D eigenvalue weighted by Crippen LogP contribution is -2.06. The first-order valence-electron chi connectivity index (χ1n) is 4.15. The highest BCUT2D eigenvalue weighted by molar-refractivity contribution is 5.79. The summed E-state index contributed by atoms with van der Waals surface area (Å²) in [4.78, 5) is 10.5. The van der Waals surface area contributed by atoms with Gasteiger partial charge in [0.15, 0.2) is 6.29 Å². The molecule has 0 atom stereocenters. The molecule has 0 N–H and O–H groups in total. The molecular weight excluding hydrogens is 187 g/mol. The van der Waals surface area contributed by atoms with E-state index in [1.165, 1.54) is 19.2 Å². The Morgan fingerprint density at radius 3 is 2.86 bits per heavy atom. The van der Waals surface area contributed by atoms with Gasteiger partial charge in [-0.3, -0.25) is 4.79 Å². The average molecular weight is 198 g/mol. The van der Waals surface area contributed by atoms with Crippen molar-refractivity contribution >= 4 is 6.29 Å². The maximum absolute atomic E-state index is 13.0. The minimum atomic E-state index is -0.574. The Morgan fingerprint density at radius 1 is 1.43 bits per heavy atom. The van der Waals surface area contributed by atoms with Gasteiger partial charge in [0.1, 0.15) is 18.2 Å². The van der Waals surface area contributed by atoms with E-state index in [2.05, 4.69) is 0 Å². The Morgan fingerprint density at radius 2 is 2.21 bits per heavy atom. The number of halogens is 1. The summed E-state index contributed by atoms with van der Waals surface area (Å²) in [5.74, 6) is -0.327. The van der Waals surface area contributed by atoms with E-state index in [-0.39, 0.29) is 11.3 Å². The van der Waals surface area contributed by atoms with E-state index in [0.717, 1.165) is 0 Å². The maximum Gasteiger partial charge on any atom is 0.156 e. The first-order chi connectivity index (χ1) is 6.79. The van der Waals surface area contributed by atoms with Crippen LogP contribution in [0.5, 0.6) is 5.75 Å². The van der Waals surface area contributed by atoms with Gasteiger partial charge in [-0.2, -0.15) is 0 Å². The normalized spacial score (nSPS) is 9.86. The first kappa shape index (κ1) is 10.7. The van der Waals surface area contributed by atoms with Crippen molar-refractivity contribution in [3.8, 4) is 5.75 Å². The summed E-state index contributed by atoms with van der Waals surface area (Å²) < 4.78 is 22.9. The van der Waals surface area contributed by atoms with Gasteiger partial charge < -0.3 is 9.47 Å². The van der Waals surface area contributed by atoms with Gasteiger partial charge in [0.2, 0.25) is 0 Å². The second-order valence-electron chi connectivity index (χ2n) is 2.61. The van der Waals surface area contributed by atoms with Gasteiger partial charge in [0.25, 0.3) is 0 Å². The van der Waals surface area contributed by atoms with Crippen LogP contribution in [0.3, 0.4) is 0 Å². The molecule has 0 spiro atoms. The van der Waals surface area contributed by atoms with Crippen molar-refractivity contribution in [2.75, 3.05) is 20.3 Å². The zero-order valence-corrected chi connectivity index (χ0v) is 7.83. The Hall–Kier alpha value is -1.42. The van der Waals surface area contributed by atoms with E-state index in [4.69, 9.17) is 9.47 Å². The van der Waals surface area contributed by atoms with Crippen LogP contribution in [0.2, 0.25) is 0 Å². The van der Waals surface area contributed by atoms with Crippen LogP contribution in [0, 0.1) is 5.82 Å². The van der Waals surface area contributed by atoms with Crippen LogP contribution in [-0.2, 0) is 4.74 Å². The lowest BCUT2D eigenvalue weighted by atomic mass is 10.2. The fraction of sp³-hybridized carbons (Fsp3) is 0.300. The quantitative estimate of drug-likeness (QED) is 0.533. The molecule has 1 aromatic rings. The van der Waals surface area contributed by atoms with E-state index in [9.17, 15) is 9.18 Å². The molecule has 0 saturated carbocycles. The summed E-state index contributed by atoms with van der Waals surface area (Å²) in [6.07, 6.45) is 0.442. The van der Waals surface area contributed by atoms with Crippen molar-refractivity contribution < 1.29 is 18.7 Å². The Labute approximate surface area is 81.4 Å². The van der Waals surface area contributed by atoms with Gasteiger partial charge in [0, 0.05) is 7.11 Å². The molecule has 0 aromatic heterocycles. The molecule has 3 nitrogen and oxygen atoms in total. The molecule has 4 heteroatoms. The minimum absolute atomic E-state index is 0.0522. The third-order valence-corrected chi connectivity index (χ3v) is 1.68. The summed E-state index contributed by atoms with van der Waals surface area (Å²) in [7, 11) is 1.54. The molecule has 0 aliphatic rings. The van der Waals surface area contributed by atoms with Gasteiger partial charge in [-0.05, 0) is 12.1 Å². The number of ether oxygens (including phenoxy) is 2. The highest BCUT2D eigenvalue weighted by Crippen LogP contribution is 2.19. The molecule has 0 heterocycles. The van der Waals surface area contributed by atoms with Crippen molar-refractivity contribution in [1.82, 2.24) is 0 Å². The topological polar surface area (TPSA) is 35.5 Å². The molecule has 76 valence electrons. The molecule has 1 rings (SSSR count). The number of aldehydes is 1. The van der Waals surface area contributed by atoms with Gasteiger partial charge in [0.05, 0.1) is 12.2 Å². The second-order valence-corrected chi connectivity index (χ2v) is 2.61. The van der Waals surface area contributed by atoms with E-state index < -0.39 is 5.82 Å². The number of benzene rings is 1. The maximum atomic E-state index is 13.0. The molecule has 0 radical (unpaired) electrons. The van der Waals surface area contributed by atoms with Gasteiger partial charge in [-0.1, -0.05) is 6.07 Å². The highest BCUT2D eigenvalue weighted by Gasteiger charge is 2.07. The number of carbonyl (C=O) groups excluding carboxylic acids is 1. The Bertz CT molecular complexity index is 312. The number of rotatable bonds is 5. The molecule has 0 unspecified atom stereocenters. The number of hydrogen-bond donors (Lipinski definition) is 0. The van der Waals surface area contributed by atoms with Gasteiger partial charge in [-0.25, -0.2) is 4.39 Å². The number of methoxy groups -OCH3 is 1. The van der Waals surface area contributed by atoms with Crippen molar-refractivity contribution in [3.63, 3.8) is 0 Å². The van der Waals surface area contributed by atoms with Crippen LogP contribution >= 0.6 is 0 Å². The molecule has 0 amide bonds. The third kappa shape index (κ3) is 2.53. The van der Waals surface area contributed by atoms with Crippen LogP contribution in [-0.4, -0.2) is 26.6 Å². The van der Waals surface area contributed by atoms with Crippen LogP contribution in [0.25, 0.3) is 0 Å². The van der Waals surface area contributed by atoms with E-state index in [0.29, 0.717) is 19.5 Å². The lowest BCUT2D eigenvalue weighted by Gasteiger charge is -2.07. The second kappa shape index (κ2) is 5.34. The minimum Gasteiger partial charge on any atom is -0.490 e. The third-order valence-electron chi connectivity index (χ3n) is 1.68. The fourth-order valence-corrected chi connectivity index (χ4v) is 0.992. The van der Waals surface area contributed by atoms with Gasteiger partial charge in [-0.15, -0.1) is 0 Å². The zero-order valence-electron chi connectivity index (χ0n) is 7.83. The highest BCUT2D eigenvalue weighted by atomic mass is 19.1. The van der Waals surface area contributed by atoms with Crippen LogP contribution < -0.4 is 4.74 Å². The summed E-state index contributed by atoms with van der Waals surface area (Å²) in [5, 5.41) is 0. The standard InChI is InChI=1S/C10H11FO3/c1-13-5-6-14-10-4-2-3-9(11)8(10)7-12/h2-4,7H,5-6H2,1H3. The lowest BCUT2D eigenvalue weighted by molar-refractivity contribution is 0.111. The molecule has 1 aromatic carbocycles. The molecule has 0 fully saturated rings. The largest absolute Gasteiger partial charge is 0.490 e. The van der Waals surface area contributed by atoms with Crippen molar-refractivity contribution in [2.45, 2.75) is 0 Å². The molecule has 0 aliphatic carbocycles. The van der Waals surface area contributed by atoms with Crippen LogP contribution in [0.15, 0.2) is 18.2 Å². The van der Waals surface area contributed by atoms with E-state index in [1.807, 2.05) is 0 Å². The predicted octanol–water partition coefficient (Wildman–Crippen LogP) is 1.66. The van der Waals surface area contributed by atoms with E-state index in [1.54, 1.807) is 6.07 Å². The SMILES string of the molecule is COCCOc1cccc(F)c1C=O. The number of carbonyl (C=O) groups is 1. The molecule has 0 saturated heterocycles.